The van der Waals surface area contributed by atoms with Crippen molar-refractivity contribution < 1.29 is 27.2 Å². The highest BCUT2D eigenvalue weighted by molar-refractivity contribution is 6.03. The molecule has 0 saturated carbocycles. The molecule has 7 nitrogen and oxygen atoms in total. The fourth-order valence-electron chi connectivity index (χ4n) is 2.19. The number of halogens is 3. The first-order chi connectivity index (χ1) is 12.7. The number of alkyl halides is 2. The molecule has 3 N–H and O–H groups in total. The average Bonchev–Trinajstić information content (AvgIpc) is 3.02. The van der Waals surface area contributed by atoms with Gasteiger partial charge >= 0.3 is 0 Å². The van der Waals surface area contributed by atoms with Crippen molar-refractivity contribution in [1.82, 2.24) is 5.16 Å². The van der Waals surface area contributed by atoms with Crippen molar-refractivity contribution in [2.75, 3.05) is 25.1 Å². The molecule has 2 aromatic rings. The number of amides is 1. The molecule has 1 heterocycles. The zero-order chi connectivity index (χ0) is 20.0. The monoisotopic (exact) mass is 384 g/mol. The van der Waals surface area contributed by atoms with Crippen molar-refractivity contribution in [3.05, 3.63) is 47.1 Å². The lowest BCUT2D eigenvalue weighted by Gasteiger charge is -2.18. The zero-order valence-electron chi connectivity index (χ0n) is 14.8. The predicted molar refractivity (Wildman–Crippen MR) is 92.5 cm³/mol. The number of nitrogens with one attached hydrogen (secondary N) is 1. The van der Waals surface area contributed by atoms with Crippen LogP contribution in [0.3, 0.4) is 0 Å². The number of nitrogens with two attached hydrogens (primary N) is 1. The topological polar surface area (TPSA) is 103 Å². The summed E-state index contributed by atoms with van der Waals surface area (Å²) < 4.78 is 52.1. The minimum absolute atomic E-state index is 0.00153. The first kappa shape index (κ1) is 20.4. The summed E-state index contributed by atoms with van der Waals surface area (Å²) in [6.07, 6.45) is 1.27. The summed E-state index contributed by atoms with van der Waals surface area (Å²) in [7, 11) is 0. The lowest BCUT2D eigenvalue weighted by Crippen LogP contribution is -2.27. The number of amidine groups is 1. The highest BCUT2D eigenvalue weighted by atomic mass is 19.3. The largest absolute Gasteiger partial charge is 0.386 e. The van der Waals surface area contributed by atoms with Gasteiger partial charge in [-0.15, -0.1) is 0 Å². The number of carbonyl (C=O) groups is 1. The van der Waals surface area contributed by atoms with Crippen LogP contribution in [0.4, 0.5) is 18.9 Å². The second-order valence-electron chi connectivity index (χ2n) is 5.66. The van der Waals surface area contributed by atoms with Crippen LogP contribution < -0.4 is 11.1 Å². The number of nitrogens with zero attached hydrogens (tertiary/aromatic N) is 2. The molecule has 1 aromatic carbocycles. The molecule has 0 aliphatic carbocycles. The number of anilines is 1. The third-order valence-corrected chi connectivity index (χ3v) is 3.47. The molecule has 0 radical (unpaired) electrons. The van der Waals surface area contributed by atoms with Gasteiger partial charge in [-0.1, -0.05) is 5.16 Å². The smallest absolute Gasteiger partial charge is 0.298 e. The molecule has 146 valence electrons. The molecule has 0 fully saturated rings. The van der Waals surface area contributed by atoms with Gasteiger partial charge in [0, 0.05) is 17.8 Å². The Kier molecular flexibility index (Phi) is 6.56. The maximum atomic E-state index is 14.3. The molecule has 0 unspecified atom stereocenters. The number of hydrogen-bond donors (Lipinski definition) is 2. The van der Waals surface area contributed by atoms with E-state index in [1.54, 1.807) is 13.8 Å². The molecule has 0 saturated heterocycles. The van der Waals surface area contributed by atoms with Gasteiger partial charge in [-0.2, -0.15) is 8.78 Å². The summed E-state index contributed by atoms with van der Waals surface area (Å²) in [5, 5.41) is 5.89. The van der Waals surface area contributed by atoms with E-state index < -0.39 is 29.8 Å². The summed E-state index contributed by atoms with van der Waals surface area (Å²) >= 11 is 0. The van der Waals surface area contributed by atoms with Gasteiger partial charge in [0.05, 0.1) is 5.56 Å². The van der Waals surface area contributed by atoms with Crippen molar-refractivity contribution in [3.63, 3.8) is 0 Å². The van der Waals surface area contributed by atoms with E-state index in [0.717, 1.165) is 18.2 Å². The van der Waals surface area contributed by atoms with Gasteiger partial charge in [0.1, 0.15) is 31.1 Å². The molecule has 1 aromatic heterocycles. The molecule has 1 amide bonds. The first-order valence-electron chi connectivity index (χ1n) is 8.01. The molecule has 0 aliphatic heterocycles. The Bertz CT molecular complexity index is 837. The molecule has 27 heavy (non-hydrogen) atoms. The summed E-state index contributed by atoms with van der Waals surface area (Å²) in [6, 6.07) is 2.84. The van der Waals surface area contributed by atoms with Crippen LogP contribution in [0.15, 0.2) is 34.0 Å². The third kappa shape index (κ3) is 5.30. The molecule has 0 aliphatic rings. The van der Waals surface area contributed by atoms with Gasteiger partial charge in [-0.3, -0.25) is 9.79 Å². The molecular weight excluding hydrogens is 365 g/mol. The van der Waals surface area contributed by atoms with E-state index in [1.807, 2.05) is 0 Å². The van der Waals surface area contributed by atoms with Crippen molar-refractivity contribution in [2.45, 2.75) is 19.8 Å². The predicted octanol–water partition coefficient (Wildman–Crippen LogP) is 2.86. The van der Waals surface area contributed by atoms with Gasteiger partial charge in [0.15, 0.2) is 5.69 Å². The van der Waals surface area contributed by atoms with E-state index in [2.05, 4.69) is 20.0 Å². The minimum atomic E-state index is -3.64. The normalized spacial score (nSPS) is 12.3. The van der Waals surface area contributed by atoms with E-state index in [1.165, 1.54) is 6.26 Å². The van der Waals surface area contributed by atoms with Crippen LogP contribution in [0, 0.1) is 12.7 Å². The van der Waals surface area contributed by atoms with Crippen LogP contribution in [0.5, 0.6) is 0 Å². The Morgan fingerprint density at radius 2 is 2.19 bits per heavy atom. The van der Waals surface area contributed by atoms with Crippen molar-refractivity contribution in [2.24, 2.45) is 10.7 Å². The van der Waals surface area contributed by atoms with Crippen molar-refractivity contribution in [3.8, 4) is 0 Å². The molecule has 10 heteroatoms. The number of aryl methyl sites for hydroxylation is 1. The van der Waals surface area contributed by atoms with Crippen LogP contribution in [0.1, 0.15) is 28.5 Å². The van der Waals surface area contributed by atoms with Crippen LogP contribution in [-0.2, 0) is 10.7 Å². The number of benzene rings is 1. The summed E-state index contributed by atoms with van der Waals surface area (Å²) in [5.41, 5.74) is 5.00. The molecule has 0 bridgehead atoms. The molecular formula is C17H19F3N4O3. The van der Waals surface area contributed by atoms with Crippen LogP contribution in [0.2, 0.25) is 0 Å². The molecule has 0 atom stereocenters. The van der Waals surface area contributed by atoms with Gasteiger partial charge in [0.25, 0.3) is 11.8 Å². The second kappa shape index (κ2) is 8.67. The highest BCUT2D eigenvalue weighted by Gasteiger charge is 2.35. The van der Waals surface area contributed by atoms with Gasteiger partial charge < -0.3 is 20.3 Å². The maximum absolute atomic E-state index is 14.3. The number of ether oxygens (including phenoxy) is 1. The molecule has 0 spiro atoms. The number of aromatic nitrogens is 1. The Balaban J connectivity index is 2.12. The van der Waals surface area contributed by atoms with E-state index in [4.69, 9.17) is 10.5 Å². The lowest BCUT2D eigenvalue weighted by atomic mass is 10.1. The van der Waals surface area contributed by atoms with E-state index in [-0.39, 0.29) is 23.8 Å². The van der Waals surface area contributed by atoms with Crippen LogP contribution >= 0.6 is 0 Å². The standard InChI is InChI=1S/C17H19F3N4O3/c1-3-22-14(21)8-26-9-17(19,20)12-6-11(4-5-13(12)18)23-16(25)15-10(2)7-27-24-15/h4-7H,3,8-9H2,1-2H3,(H2,21,22)(H,23,25). The number of carbonyl (C=O) groups excluding carboxylic acids is 1. The average molecular weight is 384 g/mol. The van der Waals surface area contributed by atoms with Crippen molar-refractivity contribution in [1.29, 1.82) is 0 Å². The number of rotatable bonds is 8. The van der Waals surface area contributed by atoms with E-state index in [9.17, 15) is 18.0 Å². The van der Waals surface area contributed by atoms with Gasteiger partial charge in [0.2, 0.25) is 0 Å². The Labute approximate surface area is 153 Å². The lowest BCUT2D eigenvalue weighted by molar-refractivity contribution is -0.0775. The third-order valence-electron chi connectivity index (χ3n) is 3.47. The zero-order valence-corrected chi connectivity index (χ0v) is 14.8. The summed E-state index contributed by atoms with van der Waals surface area (Å²) in [5.74, 6) is -5.37. The summed E-state index contributed by atoms with van der Waals surface area (Å²) in [4.78, 5) is 15.9. The highest BCUT2D eigenvalue weighted by Crippen LogP contribution is 2.32. The number of hydrogen-bond acceptors (Lipinski definition) is 5. The Hall–Kier alpha value is -2.88. The minimum Gasteiger partial charge on any atom is -0.386 e. The Morgan fingerprint density at radius 3 is 2.81 bits per heavy atom. The second-order valence-corrected chi connectivity index (χ2v) is 5.66. The fraction of sp³-hybridized carbons (Fsp3) is 0.353. The van der Waals surface area contributed by atoms with Crippen molar-refractivity contribution >= 4 is 17.4 Å². The Morgan fingerprint density at radius 1 is 1.44 bits per heavy atom. The maximum Gasteiger partial charge on any atom is 0.298 e. The first-order valence-corrected chi connectivity index (χ1v) is 8.01. The van der Waals surface area contributed by atoms with E-state index in [0.29, 0.717) is 12.1 Å². The SMILES string of the molecule is CCN=C(N)COCC(F)(F)c1cc(NC(=O)c2nocc2C)ccc1F. The fourth-order valence-corrected chi connectivity index (χ4v) is 2.19. The van der Waals surface area contributed by atoms with Gasteiger partial charge in [-0.25, -0.2) is 4.39 Å². The number of aliphatic imine (C=N–C) groups is 1. The van der Waals surface area contributed by atoms with Crippen LogP contribution in [0.25, 0.3) is 0 Å². The quantitative estimate of drug-likeness (QED) is 0.538. The summed E-state index contributed by atoms with van der Waals surface area (Å²) in [6.45, 7) is 2.33. The van der Waals surface area contributed by atoms with Crippen LogP contribution in [-0.4, -0.2) is 36.7 Å². The molecule has 2 rings (SSSR count). The van der Waals surface area contributed by atoms with E-state index >= 15 is 0 Å². The van der Waals surface area contributed by atoms with Gasteiger partial charge in [-0.05, 0) is 32.0 Å².